The summed E-state index contributed by atoms with van der Waals surface area (Å²) in [5.41, 5.74) is 0.254. The fourth-order valence-corrected chi connectivity index (χ4v) is 1.68. The van der Waals surface area contributed by atoms with E-state index in [-0.39, 0.29) is 5.56 Å². The van der Waals surface area contributed by atoms with Gasteiger partial charge in [0.05, 0.1) is 17.2 Å². The minimum Gasteiger partial charge on any atom is -0.478 e. The van der Waals surface area contributed by atoms with Crippen LogP contribution in [0.25, 0.3) is 0 Å². The Balaban J connectivity index is 2.23. The second kappa shape index (κ2) is 4.53. The summed E-state index contributed by atoms with van der Waals surface area (Å²) >= 11 is 5.82. The summed E-state index contributed by atoms with van der Waals surface area (Å²) in [5.74, 6) is -0.0943. The third-order valence-corrected chi connectivity index (χ3v) is 2.62. The molecule has 1 fully saturated rings. The zero-order valence-electron chi connectivity index (χ0n) is 8.31. The summed E-state index contributed by atoms with van der Waals surface area (Å²) in [6, 6.07) is 4.84. The molecule has 0 radical (unpaired) electrons. The van der Waals surface area contributed by atoms with Crippen LogP contribution in [-0.2, 0) is 9.53 Å². The normalized spacial score (nSPS) is 19.3. The Hall–Kier alpha value is -1.55. The molecule has 4 nitrogen and oxygen atoms in total. The molecule has 0 spiro atoms. The Labute approximate surface area is 97.1 Å². The average molecular weight is 241 g/mol. The van der Waals surface area contributed by atoms with Crippen molar-refractivity contribution in [2.45, 2.75) is 12.5 Å². The van der Waals surface area contributed by atoms with Crippen molar-refractivity contribution in [3.8, 4) is 5.75 Å². The van der Waals surface area contributed by atoms with Gasteiger partial charge in [-0.15, -0.1) is 0 Å². The summed E-state index contributed by atoms with van der Waals surface area (Å²) < 4.78 is 10.2. The van der Waals surface area contributed by atoms with Crippen molar-refractivity contribution in [1.29, 1.82) is 0 Å². The zero-order chi connectivity index (χ0) is 11.5. The van der Waals surface area contributed by atoms with Crippen LogP contribution in [0, 0.1) is 0 Å². The number of benzene rings is 1. The smallest absolute Gasteiger partial charge is 0.347 e. The van der Waals surface area contributed by atoms with E-state index in [1.54, 1.807) is 18.2 Å². The van der Waals surface area contributed by atoms with Crippen molar-refractivity contribution in [1.82, 2.24) is 0 Å². The van der Waals surface area contributed by atoms with Gasteiger partial charge in [-0.3, -0.25) is 4.79 Å². The predicted molar refractivity (Wildman–Crippen MR) is 56.8 cm³/mol. The number of cyclic esters (lactones) is 1. The minimum atomic E-state index is -0.642. The molecule has 0 aromatic heterocycles. The molecular weight excluding hydrogens is 232 g/mol. The van der Waals surface area contributed by atoms with E-state index in [9.17, 15) is 9.59 Å². The fourth-order valence-electron chi connectivity index (χ4n) is 1.47. The van der Waals surface area contributed by atoms with Crippen molar-refractivity contribution < 1.29 is 19.1 Å². The number of esters is 1. The molecule has 84 valence electrons. The summed E-state index contributed by atoms with van der Waals surface area (Å²) in [5, 5.41) is 0.305. The van der Waals surface area contributed by atoms with Gasteiger partial charge in [-0.05, 0) is 12.1 Å². The van der Waals surface area contributed by atoms with Gasteiger partial charge >= 0.3 is 5.97 Å². The van der Waals surface area contributed by atoms with Crippen LogP contribution >= 0.6 is 11.6 Å². The lowest BCUT2D eigenvalue weighted by molar-refractivity contribution is -0.143. The van der Waals surface area contributed by atoms with Crippen LogP contribution in [0.3, 0.4) is 0 Å². The van der Waals surface area contributed by atoms with E-state index in [0.29, 0.717) is 30.1 Å². The van der Waals surface area contributed by atoms with E-state index in [0.717, 1.165) is 0 Å². The molecule has 1 aromatic rings. The van der Waals surface area contributed by atoms with E-state index in [2.05, 4.69) is 0 Å². The van der Waals surface area contributed by atoms with Gasteiger partial charge in [0.1, 0.15) is 5.75 Å². The third kappa shape index (κ3) is 2.02. The molecule has 16 heavy (non-hydrogen) atoms. The second-order valence-corrected chi connectivity index (χ2v) is 3.74. The van der Waals surface area contributed by atoms with Crippen molar-refractivity contribution in [2.24, 2.45) is 0 Å². The lowest BCUT2D eigenvalue weighted by Gasteiger charge is -2.12. The van der Waals surface area contributed by atoms with Gasteiger partial charge in [-0.1, -0.05) is 17.7 Å². The molecule has 1 saturated heterocycles. The molecular formula is C11H9ClO4. The third-order valence-electron chi connectivity index (χ3n) is 2.29. The molecule has 0 bridgehead atoms. The van der Waals surface area contributed by atoms with Crippen LogP contribution in [0.15, 0.2) is 18.2 Å². The molecule has 0 amide bonds. The second-order valence-electron chi connectivity index (χ2n) is 3.33. The van der Waals surface area contributed by atoms with Crippen LogP contribution in [-0.4, -0.2) is 25.0 Å². The summed E-state index contributed by atoms with van der Waals surface area (Å²) in [6.45, 7) is 0.348. The molecule has 1 aliphatic rings. The molecule has 1 unspecified atom stereocenters. The van der Waals surface area contributed by atoms with Crippen LogP contribution in [0.2, 0.25) is 5.02 Å². The van der Waals surface area contributed by atoms with Gasteiger partial charge in [0.2, 0.25) is 0 Å². The van der Waals surface area contributed by atoms with Crippen molar-refractivity contribution in [2.75, 3.05) is 6.61 Å². The van der Waals surface area contributed by atoms with Crippen molar-refractivity contribution >= 4 is 23.9 Å². The monoisotopic (exact) mass is 240 g/mol. The number of aldehydes is 1. The largest absolute Gasteiger partial charge is 0.478 e. The SMILES string of the molecule is O=Cc1c(Cl)cccc1OC1CCOC1=O. The number of hydrogen-bond acceptors (Lipinski definition) is 4. The number of carbonyl (C=O) groups is 2. The molecule has 1 atom stereocenters. The van der Waals surface area contributed by atoms with Crippen LogP contribution in [0.5, 0.6) is 5.75 Å². The highest BCUT2D eigenvalue weighted by Crippen LogP contribution is 2.26. The van der Waals surface area contributed by atoms with Gasteiger partial charge in [0.25, 0.3) is 0 Å². The maximum atomic E-state index is 11.2. The van der Waals surface area contributed by atoms with Crippen molar-refractivity contribution in [3.63, 3.8) is 0 Å². The first-order valence-electron chi connectivity index (χ1n) is 4.79. The fraction of sp³-hybridized carbons (Fsp3) is 0.273. The van der Waals surface area contributed by atoms with E-state index in [4.69, 9.17) is 21.1 Å². The van der Waals surface area contributed by atoms with Crippen LogP contribution < -0.4 is 4.74 Å². The van der Waals surface area contributed by atoms with Crippen molar-refractivity contribution in [3.05, 3.63) is 28.8 Å². The maximum absolute atomic E-state index is 11.2. The van der Waals surface area contributed by atoms with Gasteiger partial charge in [-0.25, -0.2) is 4.79 Å². The molecule has 1 aromatic carbocycles. The maximum Gasteiger partial charge on any atom is 0.347 e. The highest BCUT2D eigenvalue weighted by Gasteiger charge is 2.29. The van der Waals surface area contributed by atoms with E-state index in [1.165, 1.54) is 0 Å². The Bertz CT molecular complexity index is 430. The number of hydrogen-bond donors (Lipinski definition) is 0. The Morgan fingerprint density at radius 3 is 2.94 bits per heavy atom. The first-order valence-corrected chi connectivity index (χ1v) is 5.17. The molecule has 0 N–H and O–H groups in total. The minimum absolute atomic E-state index is 0.254. The number of ether oxygens (including phenoxy) is 2. The van der Waals surface area contributed by atoms with Crippen LogP contribution in [0.1, 0.15) is 16.8 Å². The Morgan fingerprint density at radius 2 is 2.31 bits per heavy atom. The molecule has 1 aliphatic heterocycles. The molecule has 0 saturated carbocycles. The van der Waals surface area contributed by atoms with Gasteiger partial charge in [0, 0.05) is 6.42 Å². The summed E-state index contributed by atoms with van der Waals surface area (Å²) in [7, 11) is 0. The Morgan fingerprint density at radius 1 is 1.50 bits per heavy atom. The number of carbonyl (C=O) groups excluding carboxylic acids is 2. The Kier molecular flexibility index (Phi) is 3.10. The quantitative estimate of drug-likeness (QED) is 0.598. The average Bonchev–Trinajstić information content (AvgIpc) is 2.65. The van der Waals surface area contributed by atoms with E-state index in [1.807, 2.05) is 0 Å². The molecule has 1 heterocycles. The topological polar surface area (TPSA) is 52.6 Å². The molecule has 5 heteroatoms. The predicted octanol–water partition coefficient (Wildman–Crippen LogP) is 1.85. The number of rotatable bonds is 3. The highest BCUT2D eigenvalue weighted by molar-refractivity contribution is 6.33. The highest BCUT2D eigenvalue weighted by atomic mass is 35.5. The van der Waals surface area contributed by atoms with Gasteiger partial charge < -0.3 is 9.47 Å². The summed E-state index contributed by atoms with van der Waals surface area (Å²) in [4.78, 5) is 22.0. The van der Waals surface area contributed by atoms with E-state index < -0.39 is 12.1 Å². The first-order chi connectivity index (χ1) is 7.72. The van der Waals surface area contributed by atoms with Gasteiger partial charge in [0.15, 0.2) is 12.4 Å². The standard InChI is InChI=1S/C11H9ClO4/c12-8-2-1-3-9(7(8)6-13)16-10-4-5-15-11(10)14/h1-3,6,10H,4-5H2. The zero-order valence-corrected chi connectivity index (χ0v) is 9.07. The van der Waals surface area contributed by atoms with Gasteiger partial charge in [-0.2, -0.15) is 0 Å². The summed E-state index contributed by atoms with van der Waals surface area (Å²) in [6.07, 6.45) is 0.457. The van der Waals surface area contributed by atoms with Crippen LogP contribution in [0.4, 0.5) is 0 Å². The number of halogens is 1. The molecule has 0 aliphatic carbocycles. The van der Waals surface area contributed by atoms with E-state index >= 15 is 0 Å². The lowest BCUT2D eigenvalue weighted by Crippen LogP contribution is -2.22. The molecule has 2 rings (SSSR count). The first kappa shape index (κ1) is 11.0. The lowest BCUT2D eigenvalue weighted by atomic mass is 10.2.